The molecule has 0 spiro atoms. The number of halogens is 1. The Hall–Kier alpha value is -0.840. The van der Waals surface area contributed by atoms with Gasteiger partial charge >= 0.3 is 0 Å². The molecule has 1 aromatic heterocycles. The maximum atomic E-state index is 6.08. The molecule has 1 aliphatic heterocycles. The predicted octanol–water partition coefficient (Wildman–Crippen LogP) is 2.06. The molecule has 1 fully saturated rings. The fourth-order valence-electron chi connectivity index (χ4n) is 2.32. The molecule has 4 nitrogen and oxygen atoms in total. The standard InChI is InChI=1S/C13H20ClN3O/c1-17-5-2-3-11(17)4-6-18-13-12(14)7-10(8-15)9-16-13/h7,9,11H,2-6,8,15H2,1H3. The summed E-state index contributed by atoms with van der Waals surface area (Å²) in [7, 11) is 2.17. The van der Waals surface area contributed by atoms with E-state index in [9.17, 15) is 0 Å². The minimum absolute atomic E-state index is 0.444. The van der Waals surface area contributed by atoms with Crippen molar-refractivity contribution in [2.45, 2.75) is 31.8 Å². The van der Waals surface area contributed by atoms with Crippen molar-refractivity contribution in [2.24, 2.45) is 5.73 Å². The van der Waals surface area contributed by atoms with Crippen molar-refractivity contribution in [1.82, 2.24) is 9.88 Å². The van der Waals surface area contributed by atoms with Crippen molar-refractivity contribution >= 4 is 11.6 Å². The Morgan fingerprint density at radius 1 is 1.61 bits per heavy atom. The zero-order valence-corrected chi connectivity index (χ0v) is 11.5. The largest absolute Gasteiger partial charge is 0.477 e. The summed E-state index contributed by atoms with van der Waals surface area (Å²) in [6.45, 7) is 2.29. The lowest BCUT2D eigenvalue weighted by molar-refractivity contribution is 0.228. The summed E-state index contributed by atoms with van der Waals surface area (Å²) in [5.74, 6) is 0.509. The topological polar surface area (TPSA) is 51.4 Å². The molecule has 0 amide bonds. The van der Waals surface area contributed by atoms with Crippen LogP contribution in [0.25, 0.3) is 0 Å². The van der Waals surface area contributed by atoms with E-state index in [2.05, 4.69) is 16.9 Å². The van der Waals surface area contributed by atoms with Crippen molar-refractivity contribution < 1.29 is 4.74 Å². The summed E-state index contributed by atoms with van der Waals surface area (Å²) in [6.07, 6.45) is 5.27. The summed E-state index contributed by atoms with van der Waals surface area (Å²) in [4.78, 5) is 6.57. The minimum Gasteiger partial charge on any atom is -0.477 e. The number of likely N-dealkylation sites (tertiary alicyclic amines) is 1. The van der Waals surface area contributed by atoms with Gasteiger partial charge in [-0.05, 0) is 44.5 Å². The van der Waals surface area contributed by atoms with Crippen LogP contribution in [-0.4, -0.2) is 36.1 Å². The van der Waals surface area contributed by atoms with Crippen molar-refractivity contribution in [2.75, 3.05) is 20.2 Å². The van der Waals surface area contributed by atoms with E-state index in [1.54, 1.807) is 6.20 Å². The number of pyridine rings is 1. The Bertz CT molecular complexity index is 400. The van der Waals surface area contributed by atoms with Crippen LogP contribution in [0.15, 0.2) is 12.3 Å². The van der Waals surface area contributed by atoms with Gasteiger partial charge in [-0.2, -0.15) is 0 Å². The third-order valence-electron chi connectivity index (χ3n) is 3.46. The molecule has 0 saturated carbocycles. The first-order chi connectivity index (χ1) is 8.70. The number of hydrogen-bond acceptors (Lipinski definition) is 4. The summed E-state index contributed by atoms with van der Waals surface area (Å²) in [5.41, 5.74) is 6.44. The van der Waals surface area contributed by atoms with Gasteiger partial charge in [0.2, 0.25) is 5.88 Å². The van der Waals surface area contributed by atoms with Crippen molar-refractivity contribution in [3.8, 4) is 5.88 Å². The monoisotopic (exact) mass is 269 g/mol. The number of nitrogens with zero attached hydrogens (tertiary/aromatic N) is 2. The van der Waals surface area contributed by atoms with Gasteiger partial charge in [-0.1, -0.05) is 11.6 Å². The van der Waals surface area contributed by atoms with Gasteiger partial charge in [-0.25, -0.2) is 4.98 Å². The molecule has 2 N–H and O–H groups in total. The Morgan fingerprint density at radius 3 is 3.06 bits per heavy atom. The zero-order valence-electron chi connectivity index (χ0n) is 10.7. The first-order valence-corrected chi connectivity index (χ1v) is 6.76. The Morgan fingerprint density at radius 2 is 2.44 bits per heavy atom. The normalized spacial score (nSPS) is 20.3. The maximum absolute atomic E-state index is 6.08. The second-order valence-electron chi connectivity index (χ2n) is 4.75. The van der Waals surface area contributed by atoms with E-state index < -0.39 is 0 Å². The SMILES string of the molecule is CN1CCCC1CCOc1ncc(CN)cc1Cl. The molecule has 100 valence electrons. The highest BCUT2D eigenvalue weighted by Crippen LogP contribution is 2.23. The Balaban J connectivity index is 1.83. The first-order valence-electron chi connectivity index (χ1n) is 6.38. The second-order valence-corrected chi connectivity index (χ2v) is 5.16. The predicted molar refractivity (Wildman–Crippen MR) is 72.9 cm³/mol. The molecule has 1 saturated heterocycles. The van der Waals surface area contributed by atoms with E-state index >= 15 is 0 Å². The summed E-state index contributed by atoms with van der Waals surface area (Å²) >= 11 is 6.08. The average molecular weight is 270 g/mol. The van der Waals surface area contributed by atoms with Gasteiger partial charge in [0.15, 0.2) is 0 Å². The van der Waals surface area contributed by atoms with E-state index in [1.165, 1.54) is 19.4 Å². The lowest BCUT2D eigenvalue weighted by Gasteiger charge is -2.19. The van der Waals surface area contributed by atoms with Gasteiger partial charge in [0.25, 0.3) is 0 Å². The molecule has 0 radical (unpaired) electrons. The molecule has 2 heterocycles. The summed E-state index contributed by atoms with van der Waals surface area (Å²) in [6, 6.07) is 2.44. The number of ether oxygens (including phenoxy) is 1. The number of nitrogens with two attached hydrogens (primary N) is 1. The van der Waals surface area contributed by atoms with E-state index in [1.807, 2.05) is 6.07 Å². The van der Waals surface area contributed by atoms with Gasteiger partial charge in [0, 0.05) is 18.8 Å². The first kappa shape index (κ1) is 13.6. The summed E-state index contributed by atoms with van der Waals surface area (Å²) < 4.78 is 5.64. The van der Waals surface area contributed by atoms with Crippen molar-refractivity contribution in [3.05, 3.63) is 22.8 Å². The van der Waals surface area contributed by atoms with E-state index in [4.69, 9.17) is 22.1 Å². The molecule has 1 unspecified atom stereocenters. The van der Waals surface area contributed by atoms with Gasteiger partial charge in [0.05, 0.1) is 6.61 Å². The number of hydrogen-bond donors (Lipinski definition) is 1. The maximum Gasteiger partial charge on any atom is 0.232 e. The molecular weight excluding hydrogens is 250 g/mol. The van der Waals surface area contributed by atoms with Crippen LogP contribution in [0.1, 0.15) is 24.8 Å². The average Bonchev–Trinajstić information content (AvgIpc) is 2.77. The van der Waals surface area contributed by atoms with Crippen LogP contribution in [0.3, 0.4) is 0 Å². The van der Waals surface area contributed by atoms with Crippen LogP contribution in [0.2, 0.25) is 5.02 Å². The van der Waals surface area contributed by atoms with Gasteiger partial charge in [-0.15, -0.1) is 0 Å². The van der Waals surface area contributed by atoms with Crippen molar-refractivity contribution in [3.63, 3.8) is 0 Å². The highest BCUT2D eigenvalue weighted by molar-refractivity contribution is 6.31. The van der Waals surface area contributed by atoms with Crippen molar-refractivity contribution in [1.29, 1.82) is 0 Å². The zero-order chi connectivity index (χ0) is 13.0. The molecule has 5 heteroatoms. The van der Waals surface area contributed by atoms with Gasteiger partial charge in [-0.3, -0.25) is 0 Å². The molecule has 0 bridgehead atoms. The number of rotatable bonds is 5. The molecule has 1 aliphatic rings. The van der Waals surface area contributed by atoms with Crippen LogP contribution in [0.4, 0.5) is 0 Å². The third-order valence-corrected chi connectivity index (χ3v) is 3.73. The quantitative estimate of drug-likeness (QED) is 0.889. The minimum atomic E-state index is 0.444. The summed E-state index contributed by atoms with van der Waals surface area (Å²) in [5, 5.41) is 0.540. The molecule has 0 aliphatic carbocycles. The molecule has 1 atom stereocenters. The van der Waals surface area contributed by atoms with Crippen LogP contribution in [0, 0.1) is 0 Å². The Kier molecular flexibility index (Phi) is 4.80. The molecular formula is C13H20ClN3O. The molecule has 1 aromatic rings. The van der Waals surface area contributed by atoms with Crippen LogP contribution in [-0.2, 0) is 6.54 Å². The van der Waals surface area contributed by atoms with Crippen LogP contribution in [0.5, 0.6) is 5.88 Å². The molecule has 0 aromatic carbocycles. The molecule has 18 heavy (non-hydrogen) atoms. The van der Waals surface area contributed by atoms with Crippen LogP contribution < -0.4 is 10.5 Å². The van der Waals surface area contributed by atoms with Crippen LogP contribution >= 0.6 is 11.6 Å². The fourth-order valence-corrected chi connectivity index (χ4v) is 2.56. The fraction of sp³-hybridized carbons (Fsp3) is 0.615. The lowest BCUT2D eigenvalue weighted by atomic mass is 10.1. The Labute approximate surface area is 113 Å². The van der Waals surface area contributed by atoms with E-state index in [-0.39, 0.29) is 0 Å². The highest BCUT2D eigenvalue weighted by atomic mass is 35.5. The third kappa shape index (κ3) is 3.34. The second kappa shape index (κ2) is 6.36. The van der Waals surface area contributed by atoms with E-state index in [0.717, 1.165) is 12.0 Å². The smallest absolute Gasteiger partial charge is 0.232 e. The number of aromatic nitrogens is 1. The van der Waals surface area contributed by atoms with Gasteiger partial charge < -0.3 is 15.4 Å². The molecule has 2 rings (SSSR count). The lowest BCUT2D eigenvalue weighted by Crippen LogP contribution is -2.26. The highest BCUT2D eigenvalue weighted by Gasteiger charge is 2.20. The van der Waals surface area contributed by atoms with E-state index in [0.29, 0.717) is 30.1 Å². The van der Waals surface area contributed by atoms with Gasteiger partial charge in [0.1, 0.15) is 5.02 Å².